The van der Waals surface area contributed by atoms with Crippen LogP contribution < -0.4 is 0 Å². The fourth-order valence-corrected chi connectivity index (χ4v) is 2.28. The van der Waals surface area contributed by atoms with Crippen molar-refractivity contribution in [3.8, 4) is 0 Å². The second kappa shape index (κ2) is 3.84. The Kier molecular flexibility index (Phi) is 2.68. The summed E-state index contributed by atoms with van der Waals surface area (Å²) in [4.78, 5) is 0. The van der Waals surface area contributed by atoms with Crippen molar-refractivity contribution in [3.63, 3.8) is 0 Å². The van der Waals surface area contributed by atoms with Gasteiger partial charge in [0.05, 0.1) is 0 Å². The van der Waals surface area contributed by atoms with Gasteiger partial charge in [0.25, 0.3) is 0 Å². The van der Waals surface area contributed by atoms with Gasteiger partial charge in [0, 0.05) is 5.41 Å². The number of hydrogen-bond acceptors (Lipinski definition) is 0. The van der Waals surface area contributed by atoms with Gasteiger partial charge in [0.2, 0.25) is 0 Å². The lowest BCUT2D eigenvalue weighted by Gasteiger charge is -2.15. The average molecular weight is 200 g/mol. The summed E-state index contributed by atoms with van der Waals surface area (Å²) in [5, 5.41) is 0. The minimum Gasteiger partial charge on any atom is -0.0837 e. The minimum atomic E-state index is 0.186. The monoisotopic (exact) mass is 200 g/mol. The van der Waals surface area contributed by atoms with Crippen LogP contribution in [0.3, 0.4) is 0 Å². The molecule has 0 aromatic rings. The number of rotatable bonds is 0. The van der Waals surface area contributed by atoms with Crippen LogP contribution in [-0.4, -0.2) is 0 Å². The Morgan fingerprint density at radius 2 is 2.13 bits per heavy atom. The highest BCUT2D eigenvalue weighted by Gasteiger charge is 2.17. The van der Waals surface area contributed by atoms with Crippen molar-refractivity contribution in [2.45, 2.75) is 33.6 Å². The van der Waals surface area contributed by atoms with Crippen LogP contribution in [0.25, 0.3) is 0 Å². The summed E-state index contributed by atoms with van der Waals surface area (Å²) < 4.78 is 0. The first-order valence-electron chi connectivity index (χ1n) is 5.85. The van der Waals surface area contributed by atoms with E-state index in [2.05, 4.69) is 57.2 Å². The van der Waals surface area contributed by atoms with Crippen LogP contribution in [0.15, 0.2) is 47.6 Å². The lowest BCUT2D eigenvalue weighted by Crippen LogP contribution is -2.03. The van der Waals surface area contributed by atoms with Crippen LogP contribution in [0.1, 0.15) is 33.6 Å². The lowest BCUT2D eigenvalue weighted by atomic mass is 9.89. The van der Waals surface area contributed by atoms with Crippen molar-refractivity contribution in [2.75, 3.05) is 0 Å². The third kappa shape index (κ3) is 2.50. The molecular formula is C15H20. The zero-order valence-corrected chi connectivity index (χ0v) is 9.96. The van der Waals surface area contributed by atoms with E-state index >= 15 is 0 Å². The van der Waals surface area contributed by atoms with E-state index in [-0.39, 0.29) is 5.41 Å². The van der Waals surface area contributed by atoms with Gasteiger partial charge in [-0.3, -0.25) is 0 Å². The molecule has 0 amide bonds. The highest BCUT2D eigenvalue weighted by Crippen LogP contribution is 2.33. The largest absolute Gasteiger partial charge is 0.0837 e. The molecule has 0 saturated carbocycles. The zero-order chi connectivity index (χ0) is 10.9. The lowest BCUT2D eigenvalue weighted by molar-refractivity contribution is 0.594. The molecule has 2 aliphatic carbocycles. The highest BCUT2D eigenvalue weighted by atomic mass is 14.2. The van der Waals surface area contributed by atoms with Crippen LogP contribution in [0.4, 0.5) is 0 Å². The first-order chi connectivity index (χ1) is 7.07. The van der Waals surface area contributed by atoms with E-state index in [0.29, 0.717) is 0 Å². The standard InChI is InChI=1S/C15H20/c1-12-6-4-7-14-11-15(2,3)9-5-8-13(14)10-12/h4-5,7-9,11-12H,6,10H2,1-3H3. The summed E-state index contributed by atoms with van der Waals surface area (Å²) in [6.45, 7) is 6.85. The first-order valence-corrected chi connectivity index (χ1v) is 5.85. The van der Waals surface area contributed by atoms with E-state index in [1.165, 1.54) is 24.0 Å². The van der Waals surface area contributed by atoms with Crippen molar-refractivity contribution in [3.05, 3.63) is 47.6 Å². The maximum atomic E-state index is 2.39. The molecule has 0 aromatic heterocycles. The van der Waals surface area contributed by atoms with Gasteiger partial charge in [-0.2, -0.15) is 0 Å². The van der Waals surface area contributed by atoms with E-state index in [4.69, 9.17) is 0 Å². The summed E-state index contributed by atoms with van der Waals surface area (Å²) in [5.41, 5.74) is 3.11. The predicted molar refractivity (Wildman–Crippen MR) is 66.6 cm³/mol. The molecule has 0 heteroatoms. The fourth-order valence-electron chi connectivity index (χ4n) is 2.28. The second-order valence-electron chi connectivity index (χ2n) is 5.42. The van der Waals surface area contributed by atoms with Gasteiger partial charge in [0.15, 0.2) is 0 Å². The summed E-state index contributed by atoms with van der Waals surface area (Å²) in [7, 11) is 0. The van der Waals surface area contributed by atoms with Gasteiger partial charge in [-0.1, -0.05) is 57.2 Å². The van der Waals surface area contributed by atoms with Crippen LogP contribution >= 0.6 is 0 Å². The normalized spacial score (nSPS) is 28.6. The highest BCUT2D eigenvalue weighted by molar-refractivity contribution is 5.46. The van der Waals surface area contributed by atoms with Crippen molar-refractivity contribution < 1.29 is 0 Å². The Bertz CT molecular complexity index is 361. The predicted octanol–water partition coefficient (Wildman–Crippen LogP) is 4.42. The van der Waals surface area contributed by atoms with Gasteiger partial charge < -0.3 is 0 Å². The van der Waals surface area contributed by atoms with Crippen molar-refractivity contribution in [2.24, 2.45) is 11.3 Å². The molecule has 0 spiro atoms. The summed E-state index contributed by atoms with van der Waals surface area (Å²) in [6, 6.07) is 0. The van der Waals surface area contributed by atoms with Gasteiger partial charge >= 0.3 is 0 Å². The van der Waals surface area contributed by atoms with E-state index in [1.54, 1.807) is 0 Å². The smallest absolute Gasteiger partial charge is 0.00166 e. The molecule has 0 aliphatic heterocycles. The Labute approximate surface area is 93.1 Å². The van der Waals surface area contributed by atoms with E-state index in [9.17, 15) is 0 Å². The molecule has 80 valence electrons. The topological polar surface area (TPSA) is 0 Å². The van der Waals surface area contributed by atoms with E-state index < -0.39 is 0 Å². The fraction of sp³-hybridized carbons (Fsp3) is 0.467. The van der Waals surface area contributed by atoms with E-state index in [0.717, 1.165) is 5.92 Å². The van der Waals surface area contributed by atoms with Crippen molar-refractivity contribution >= 4 is 0 Å². The quantitative estimate of drug-likeness (QED) is 0.543. The van der Waals surface area contributed by atoms with Crippen LogP contribution in [-0.2, 0) is 0 Å². The molecule has 0 heterocycles. The van der Waals surface area contributed by atoms with Gasteiger partial charge in [-0.05, 0) is 29.9 Å². The summed E-state index contributed by atoms with van der Waals surface area (Å²) >= 11 is 0. The SMILES string of the molecule is CC1CC=CC2=CC(C)(C)C=CC=C2C1. The summed E-state index contributed by atoms with van der Waals surface area (Å²) in [6.07, 6.45) is 16.2. The third-order valence-electron chi connectivity index (χ3n) is 3.13. The number of fused-ring (bicyclic) bond motifs is 1. The maximum Gasteiger partial charge on any atom is 0.00166 e. The van der Waals surface area contributed by atoms with Crippen molar-refractivity contribution in [1.82, 2.24) is 0 Å². The molecule has 0 radical (unpaired) electrons. The third-order valence-corrected chi connectivity index (χ3v) is 3.13. The Morgan fingerprint density at radius 1 is 1.33 bits per heavy atom. The van der Waals surface area contributed by atoms with Crippen LogP contribution in [0, 0.1) is 11.3 Å². The molecule has 2 aliphatic rings. The summed E-state index contributed by atoms with van der Waals surface area (Å²) in [5.74, 6) is 0.771. The van der Waals surface area contributed by atoms with Crippen LogP contribution in [0.5, 0.6) is 0 Å². The minimum absolute atomic E-state index is 0.186. The first kappa shape index (κ1) is 10.5. The maximum absolute atomic E-state index is 2.39. The Balaban J connectivity index is 2.39. The molecule has 0 aromatic carbocycles. The van der Waals surface area contributed by atoms with Crippen molar-refractivity contribution in [1.29, 1.82) is 0 Å². The molecule has 0 nitrogen and oxygen atoms in total. The average Bonchev–Trinajstić information content (AvgIpc) is 2.34. The molecule has 0 N–H and O–H groups in total. The zero-order valence-electron chi connectivity index (χ0n) is 9.96. The molecular weight excluding hydrogens is 180 g/mol. The van der Waals surface area contributed by atoms with Crippen LogP contribution in [0.2, 0.25) is 0 Å². The molecule has 2 rings (SSSR count). The molecule has 1 atom stereocenters. The Hall–Kier alpha value is -1.04. The molecule has 0 bridgehead atoms. The number of hydrogen-bond donors (Lipinski definition) is 0. The molecule has 1 unspecified atom stereocenters. The number of allylic oxidation sites excluding steroid dienone is 8. The van der Waals surface area contributed by atoms with Gasteiger partial charge in [0.1, 0.15) is 0 Å². The second-order valence-corrected chi connectivity index (χ2v) is 5.42. The molecule has 0 fully saturated rings. The molecule has 0 saturated heterocycles. The van der Waals surface area contributed by atoms with Gasteiger partial charge in [-0.15, -0.1) is 0 Å². The molecule has 15 heavy (non-hydrogen) atoms. The van der Waals surface area contributed by atoms with Gasteiger partial charge in [-0.25, -0.2) is 0 Å². The Morgan fingerprint density at radius 3 is 2.93 bits per heavy atom. The van der Waals surface area contributed by atoms with E-state index in [1.807, 2.05) is 0 Å².